The topological polar surface area (TPSA) is 0 Å². The Hall–Kier alpha value is 0.254. The summed E-state index contributed by atoms with van der Waals surface area (Å²) in [6.45, 7) is 2.41. The molecule has 0 amide bonds. The molecule has 0 bridgehead atoms. The molecule has 0 nitrogen and oxygen atoms in total. The number of aryl methyl sites for hydroxylation is 1. The summed E-state index contributed by atoms with van der Waals surface area (Å²) in [6.07, 6.45) is 13.8. The smallest absolute Gasteiger partial charge is 0.236 e. The van der Waals surface area contributed by atoms with Crippen molar-refractivity contribution in [2.75, 3.05) is 0 Å². The molecule has 122 valence electrons. The van der Waals surface area contributed by atoms with Crippen molar-refractivity contribution in [1.29, 1.82) is 0 Å². The van der Waals surface area contributed by atoms with Crippen LogP contribution in [0.15, 0.2) is 18.2 Å². The van der Waals surface area contributed by atoms with Gasteiger partial charge >= 0.3 is 32.7 Å². The Morgan fingerprint density at radius 3 is 2.22 bits per heavy atom. The van der Waals surface area contributed by atoms with Gasteiger partial charge in [-0.15, -0.1) is 12.1 Å². The van der Waals surface area contributed by atoms with Crippen LogP contribution in [0.3, 0.4) is 0 Å². The molecule has 0 spiro atoms. The van der Waals surface area contributed by atoms with Crippen LogP contribution in [0.25, 0.3) is 0 Å². The van der Waals surface area contributed by atoms with Gasteiger partial charge in [0.15, 0.2) is 0 Å². The fourth-order valence-electron chi connectivity index (χ4n) is 4.71. The van der Waals surface area contributed by atoms with E-state index in [-0.39, 0.29) is 38.5 Å². The van der Waals surface area contributed by atoms with Crippen molar-refractivity contribution in [2.24, 2.45) is 23.7 Å². The standard InChI is InChI=1S/C21H30F.Y/c1-16-5-11-19(12-6-16)20-13-9-17(10-14-20)7-8-18-3-2-4-21(22)15-18;/h2-3,15-17,19-20H,5-14H2,1H3;/q-1;+3. The zero-order chi connectivity index (χ0) is 15.4. The van der Waals surface area contributed by atoms with Crippen LogP contribution in [0.2, 0.25) is 0 Å². The van der Waals surface area contributed by atoms with Gasteiger partial charge < -0.3 is 0 Å². The maximum Gasteiger partial charge on any atom is 3.00 e. The van der Waals surface area contributed by atoms with Gasteiger partial charge in [0.2, 0.25) is 0 Å². The van der Waals surface area contributed by atoms with Crippen LogP contribution in [0.5, 0.6) is 0 Å². The first kappa shape index (κ1) is 19.6. The summed E-state index contributed by atoms with van der Waals surface area (Å²) < 4.78 is 13.2. The minimum absolute atomic E-state index is 0. The first-order valence-corrected chi connectivity index (χ1v) is 9.37. The Morgan fingerprint density at radius 2 is 1.61 bits per heavy atom. The van der Waals surface area contributed by atoms with Crippen LogP contribution in [-0.2, 0) is 39.1 Å². The van der Waals surface area contributed by atoms with E-state index in [9.17, 15) is 4.39 Å². The number of benzene rings is 1. The molecule has 0 heterocycles. The number of halogens is 1. The Labute approximate surface area is 166 Å². The van der Waals surface area contributed by atoms with Crippen LogP contribution in [0.1, 0.15) is 70.3 Å². The van der Waals surface area contributed by atoms with E-state index in [1.807, 2.05) is 6.07 Å². The third-order valence-corrected chi connectivity index (χ3v) is 6.29. The van der Waals surface area contributed by atoms with E-state index in [1.54, 1.807) is 12.1 Å². The molecule has 2 fully saturated rings. The quantitative estimate of drug-likeness (QED) is 0.538. The maximum absolute atomic E-state index is 13.2. The molecule has 2 aliphatic carbocycles. The fraction of sp³-hybridized carbons (Fsp3) is 0.714. The van der Waals surface area contributed by atoms with Gasteiger partial charge in [-0.3, -0.25) is 0 Å². The second-order valence-electron chi connectivity index (χ2n) is 7.88. The number of rotatable bonds is 4. The van der Waals surface area contributed by atoms with Gasteiger partial charge in [0, 0.05) is 5.82 Å². The van der Waals surface area contributed by atoms with Crippen LogP contribution in [0.4, 0.5) is 4.39 Å². The van der Waals surface area contributed by atoms with E-state index < -0.39 is 0 Å². The van der Waals surface area contributed by atoms with Gasteiger partial charge in [0.1, 0.15) is 0 Å². The summed E-state index contributed by atoms with van der Waals surface area (Å²) in [5, 5.41) is 0. The molecule has 0 saturated heterocycles. The Kier molecular flexibility index (Phi) is 8.22. The van der Waals surface area contributed by atoms with Gasteiger partial charge in [-0.2, -0.15) is 17.7 Å². The van der Waals surface area contributed by atoms with E-state index in [0.29, 0.717) is 0 Å². The molecule has 1 aromatic rings. The summed E-state index contributed by atoms with van der Waals surface area (Å²) in [6, 6.07) is 7.96. The van der Waals surface area contributed by atoms with Gasteiger partial charge in [0.25, 0.3) is 0 Å². The van der Waals surface area contributed by atoms with Crippen LogP contribution in [-0.4, -0.2) is 0 Å². The third kappa shape index (κ3) is 5.92. The largest absolute Gasteiger partial charge is 3.00 e. The van der Waals surface area contributed by atoms with Crippen molar-refractivity contribution in [3.63, 3.8) is 0 Å². The molecule has 0 aromatic heterocycles. The first-order chi connectivity index (χ1) is 10.7. The van der Waals surface area contributed by atoms with Crippen LogP contribution >= 0.6 is 0 Å². The zero-order valence-electron chi connectivity index (χ0n) is 14.6. The minimum Gasteiger partial charge on any atom is -0.236 e. The summed E-state index contributed by atoms with van der Waals surface area (Å²) in [5.41, 5.74) is 1.14. The molecule has 0 atom stereocenters. The van der Waals surface area contributed by atoms with Crippen molar-refractivity contribution in [1.82, 2.24) is 0 Å². The molecular formula is C21H30FY+2. The predicted octanol–water partition coefficient (Wildman–Crippen LogP) is 6.19. The van der Waals surface area contributed by atoms with Gasteiger partial charge in [-0.1, -0.05) is 39.0 Å². The van der Waals surface area contributed by atoms with Gasteiger partial charge in [-0.05, 0) is 55.8 Å². The fourth-order valence-corrected chi connectivity index (χ4v) is 4.71. The molecule has 1 aromatic carbocycles. The first-order valence-electron chi connectivity index (χ1n) is 9.37. The van der Waals surface area contributed by atoms with Crippen molar-refractivity contribution in [3.8, 4) is 0 Å². The molecule has 2 saturated carbocycles. The van der Waals surface area contributed by atoms with Crippen LogP contribution in [0, 0.1) is 35.6 Å². The average Bonchev–Trinajstić information content (AvgIpc) is 2.54. The van der Waals surface area contributed by atoms with Gasteiger partial charge in [-0.25, -0.2) is 4.39 Å². The Balaban J connectivity index is 0.00000192. The van der Waals surface area contributed by atoms with Crippen molar-refractivity contribution in [2.45, 2.75) is 71.1 Å². The van der Waals surface area contributed by atoms with Crippen molar-refractivity contribution in [3.05, 3.63) is 35.6 Å². The molecule has 2 heteroatoms. The molecule has 23 heavy (non-hydrogen) atoms. The second kappa shape index (κ2) is 9.66. The van der Waals surface area contributed by atoms with E-state index in [0.717, 1.165) is 35.7 Å². The van der Waals surface area contributed by atoms with E-state index in [4.69, 9.17) is 0 Å². The SMILES string of the molecule is CC1CCC(C2CCC(CCc3cc[c-]c(F)c3)CC2)CC1.[Y+3]. The van der Waals surface area contributed by atoms with Crippen molar-refractivity contribution >= 4 is 0 Å². The van der Waals surface area contributed by atoms with E-state index in [2.05, 4.69) is 13.0 Å². The predicted molar refractivity (Wildman–Crippen MR) is 90.1 cm³/mol. The molecule has 0 aliphatic heterocycles. The summed E-state index contributed by atoms with van der Waals surface area (Å²) in [5.74, 6) is 3.65. The molecule has 2 aliphatic rings. The molecule has 3 rings (SSSR count). The third-order valence-electron chi connectivity index (χ3n) is 6.29. The molecule has 0 unspecified atom stereocenters. The minimum atomic E-state index is -0.215. The normalized spacial score (nSPS) is 31.4. The van der Waals surface area contributed by atoms with E-state index >= 15 is 0 Å². The summed E-state index contributed by atoms with van der Waals surface area (Å²) >= 11 is 0. The average molecular weight is 390 g/mol. The molecular weight excluding hydrogens is 360 g/mol. The number of hydrogen-bond donors (Lipinski definition) is 0. The molecule has 0 N–H and O–H groups in total. The second-order valence-corrected chi connectivity index (χ2v) is 7.88. The van der Waals surface area contributed by atoms with Gasteiger partial charge in [0.05, 0.1) is 0 Å². The molecule has 0 radical (unpaired) electrons. The summed E-state index contributed by atoms with van der Waals surface area (Å²) in [7, 11) is 0. The summed E-state index contributed by atoms with van der Waals surface area (Å²) in [4.78, 5) is 0. The Bertz CT molecular complexity index is 457. The number of hydrogen-bond acceptors (Lipinski definition) is 0. The van der Waals surface area contributed by atoms with E-state index in [1.165, 1.54) is 57.8 Å². The van der Waals surface area contributed by atoms with Crippen LogP contribution < -0.4 is 0 Å². The monoisotopic (exact) mass is 390 g/mol. The zero-order valence-corrected chi connectivity index (χ0v) is 17.4. The Morgan fingerprint density at radius 1 is 1.00 bits per heavy atom. The maximum atomic E-state index is 13.2. The van der Waals surface area contributed by atoms with Crippen molar-refractivity contribution < 1.29 is 37.1 Å².